The highest BCUT2D eigenvalue weighted by Crippen LogP contribution is 2.21. The molecule has 0 aromatic carbocycles. The van der Waals surface area contributed by atoms with Gasteiger partial charge in [0.2, 0.25) is 0 Å². The summed E-state index contributed by atoms with van der Waals surface area (Å²) in [7, 11) is 0. The Kier molecular flexibility index (Phi) is 5.03. The summed E-state index contributed by atoms with van der Waals surface area (Å²) in [5, 5.41) is 0.800. The van der Waals surface area contributed by atoms with Crippen molar-refractivity contribution in [1.29, 1.82) is 0 Å². The second-order valence-electron chi connectivity index (χ2n) is 5.07. The van der Waals surface area contributed by atoms with E-state index in [-0.39, 0.29) is 5.78 Å². The van der Waals surface area contributed by atoms with Crippen LogP contribution >= 0.6 is 11.3 Å². The summed E-state index contributed by atoms with van der Waals surface area (Å²) in [5.41, 5.74) is 2.63. The molecule has 0 spiro atoms. The molecule has 4 nitrogen and oxygen atoms in total. The molecule has 0 bridgehead atoms. The largest absolute Gasteiger partial charge is 0.288 e. The lowest BCUT2D eigenvalue weighted by atomic mass is 10.2. The zero-order valence-electron chi connectivity index (χ0n) is 13.1. The van der Waals surface area contributed by atoms with Crippen molar-refractivity contribution < 1.29 is 4.79 Å². The van der Waals surface area contributed by atoms with Crippen LogP contribution in [-0.2, 0) is 0 Å². The normalized spacial score (nSPS) is 11.4. The fourth-order valence-electron chi connectivity index (χ4n) is 2.08. The molecule has 24 heavy (non-hydrogen) atoms. The first kappa shape index (κ1) is 16.0. The van der Waals surface area contributed by atoms with Crippen molar-refractivity contribution in [3.63, 3.8) is 0 Å². The molecule has 0 saturated carbocycles. The SMILES string of the molecule is Cc1nc(/C=C\c2cccnc2)sc1C(=O)/C=C/c1cccnc1. The highest BCUT2D eigenvalue weighted by atomic mass is 32.1. The molecule has 3 aromatic heterocycles. The van der Waals surface area contributed by atoms with E-state index >= 15 is 0 Å². The molecule has 0 saturated heterocycles. The first-order chi connectivity index (χ1) is 11.7. The van der Waals surface area contributed by atoms with Crippen LogP contribution in [0.1, 0.15) is 31.5 Å². The maximum absolute atomic E-state index is 12.4. The quantitative estimate of drug-likeness (QED) is 0.516. The number of aryl methyl sites for hydroxylation is 1. The van der Waals surface area contributed by atoms with Gasteiger partial charge in [0.15, 0.2) is 5.78 Å². The topological polar surface area (TPSA) is 55.7 Å². The Hall–Kier alpha value is -2.92. The van der Waals surface area contributed by atoms with E-state index in [9.17, 15) is 4.79 Å². The minimum absolute atomic E-state index is 0.0464. The Morgan fingerprint density at radius 1 is 1.00 bits per heavy atom. The summed E-state index contributed by atoms with van der Waals surface area (Å²) in [4.78, 5) is 25.5. The van der Waals surface area contributed by atoms with Crippen LogP contribution in [0.3, 0.4) is 0 Å². The maximum atomic E-state index is 12.4. The van der Waals surface area contributed by atoms with Crippen LogP contribution in [0.4, 0.5) is 0 Å². The Balaban J connectivity index is 1.75. The van der Waals surface area contributed by atoms with Gasteiger partial charge in [-0.1, -0.05) is 18.2 Å². The summed E-state index contributed by atoms with van der Waals surface area (Å²) in [6, 6.07) is 7.58. The summed E-state index contributed by atoms with van der Waals surface area (Å²) in [5.74, 6) is -0.0464. The number of nitrogens with zero attached hydrogens (tertiary/aromatic N) is 3. The molecule has 0 unspecified atom stereocenters. The van der Waals surface area contributed by atoms with E-state index in [0.29, 0.717) is 4.88 Å². The second kappa shape index (κ2) is 7.57. The maximum Gasteiger partial charge on any atom is 0.197 e. The van der Waals surface area contributed by atoms with Gasteiger partial charge in [-0.25, -0.2) is 4.98 Å². The van der Waals surface area contributed by atoms with Gasteiger partial charge in [-0.15, -0.1) is 11.3 Å². The number of carbonyl (C=O) groups excluding carboxylic acids is 1. The number of aromatic nitrogens is 3. The van der Waals surface area contributed by atoms with Gasteiger partial charge in [0.25, 0.3) is 0 Å². The Bertz CT molecular complexity index is 883. The van der Waals surface area contributed by atoms with Gasteiger partial charge in [-0.2, -0.15) is 0 Å². The van der Waals surface area contributed by atoms with Crippen molar-refractivity contribution in [2.45, 2.75) is 6.92 Å². The standard InChI is InChI=1S/C19H15N3OS/c1-14-19(17(23)8-6-15-4-2-10-20-12-15)24-18(22-14)9-7-16-5-3-11-21-13-16/h2-13H,1H3/b8-6+,9-7-. The first-order valence-corrected chi connectivity index (χ1v) is 8.22. The van der Waals surface area contributed by atoms with Crippen molar-refractivity contribution in [3.8, 4) is 0 Å². The minimum Gasteiger partial charge on any atom is -0.288 e. The Morgan fingerprint density at radius 2 is 1.67 bits per heavy atom. The van der Waals surface area contributed by atoms with E-state index in [1.807, 2.05) is 43.3 Å². The fraction of sp³-hybridized carbons (Fsp3) is 0.0526. The number of hydrogen-bond donors (Lipinski definition) is 0. The van der Waals surface area contributed by atoms with E-state index in [2.05, 4.69) is 15.0 Å². The zero-order valence-corrected chi connectivity index (χ0v) is 13.9. The lowest BCUT2D eigenvalue weighted by Gasteiger charge is -1.92. The number of allylic oxidation sites excluding steroid dienone is 1. The van der Waals surface area contributed by atoms with Gasteiger partial charge < -0.3 is 0 Å². The third-order valence-electron chi connectivity index (χ3n) is 3.25. The van der Waals surface area contributed by atoms with Crippen molar-refractivity contribution in [2.75, 3.05) is 0 Å². The summed E-state index contributed by atoms with van der Waals surface area (Å²) in [6.07, 6.45) is 14.1. The van der Waals surface area contributed by atoms with Crippen molar-refractivity contribution >= 4 is 35.3 Å². The number of carbonyl (C=O) groups is 1. The second-order valence-corrected chi connectivity index (χ2v) is 6.10. The van der Waals surface area contributed by atoms with Crippen LogP contribution in [0.25, 0.3) is 18.2 Å². The number of thiazole rings is 1. The highest BCUT2D eigenvalue weighted by Gasteiger charge is 2.11. The lowest BCUT2D eigenvalue weighted by Crippen LogP contribution is -1.93. The van der Waals surface area contributed by atoms with E-state index in [0.717, 1.165) is 21.8 Å². The summed E-state index contributed by atoms with van der Waals surface area (Å²) in [6.45, 7) is 1.85. The molecule has 3 rings (SSSR count). The fourth-order valence-corrected chi connectivity index (χ4v) is 2.97. The van der Waals surface area contributed by atoms with Crippen LogP contribution in [0.15, 0.2) is 55.1 Å². The van der Waals surface area contributed by atoms with E-state index in [1.54, 1.807) is 36.9 Å². The molecule has 0 aliphatic carbocycles. The molecule has 5 heteroatoms. The zero-order chi connectivity index (χ0) is 16.8. The summed E-state index contributed by atoms with van der Waals surface area (Å²) < 4.78 is 0. The highest BCUT2D eigenvalue weighted by molar-refractivity contribution is 7.14. The molecule has 0 radical (unpaired) electrons. The molecule has 3 heterocycles. The van der Waals surface area contributed by atoms with Crippen molar-refractivity contribution in [2.24, 2.45) is 0 Å². The number of ketones is 1. The average molecular weight is 333 g/mol. The molecule has 0 aliphatic heterocycles. The molecular formula is C19H15N3OS. The van der Waals surface area contributed by atoms with Crippen LogP contribution in [0, 0.1) is 6.92 Å². The lowest BCUT2D eigenvalue weighted by molar-refractivity contribution is 0.105. The summed E-state index contributed by atoms with van der Waals surface area (Å²) >= 11 is 1.39. The van der Waals surface area contributed by atoms with E-state index in [1.165, 1.54) is 11.3 Å². The molecule has 0 amide bonds. The van der Waals surface area contributed by atoms with Gasteiger partial charge >= 0.3 is 0 Å². The van der Waals surface area contributed by atoms with E-state index < -0.39 is 0 Å². The average Bonchev–Trinajstić information content (AvgIpc) is 3.00. The molecule has 0 N–H and O–H groups in total. The molecule has 3 aromatic rings. The molecule has 0 aliphatic rings. The molecule has 0 fully saturated rings. The molecular weight excluding hydrogens is 318 g/mol. The number of rotatable bonds is 5. The van der Waals surface area contributed by atoms with Crippen LogP contribution in [-0.4, -0.2) is 20.7 Å². The monoisotopic (exact) mass is 333 g/mol. The van der Waals surface area contributed by atoms with Gasteiger partial charge in [0, 0.05) is 24.8 Å². The first-order valence-electron chi connectivity index (χ1n) is 7.40. The Labute approximate surface area is 144 Å². The third kappa shape index (κ3) is 4.08. The van der Waals surface area contributed by atoms with Gasteiger partial charge in [-0.3, -0.25) is 14.8 Å². The minimum atomic E-state index is -0.0464. The van der Waals surface area contributed by atoms with Crippen molar-refractivity contribution in [1.82, 2.24) is 15.0 Å². The molecule has 118 valence electrons. The van der Waals surface area contributed by atoms with Gasteiger partial charge in [0.05, 0.1) is 10.6 Å². The predicted octanol–water partition coefficient (Wildman–Crippen LogP) is 4.31. The smallest absolute Gasteiger partial charge is 0.197 e. The number of pyridine rings is 2. The van der Waals surface area contributed by atoms with E-state index in [4.69, 9.17) is 0 Å². The van der Waals surface area contributed by atoms with Crippen LogP contribution < -0.4 is 0 Å². The van der Waals surface area contributed by atoms with Crippen LogP contribution in [0.5, 0.6) is 0 Å². The van der Waals surface area contributed by atoms with Crippen LogP contribution in [0.2, 0.25) is 0 Å². The van der Waals surface area contributed by atoms with Gasteiger partial charge in [-0.05, 0) is 48.4 Å². The van der Waals surface area contributed by atoms with Gasteiger partial charge in [0.1, 0.15) is 5.01 Å². The molecule has 0 atom stereocenters. The third-order valence-corrected chi connectivity index (χ3v) is 4.39. The Morgan fingerprint density at radius 3 is 2.29 bits per heavy atom. The number of hydrogen-bond acceptors (Lipinski definition) is 5. The predicted molar refractivity (Wildman–Crippen MR) is 97.6 cm³/mol. The van der Waals surface area contributed by atoms with Crippen molar-refractivity contribution in [3.05, 3.63) is 81.8 Å².